The van der Waals surface area contributed by atoms with Gasteiger partial charge in [-0.15, -0.1) is 4.31 Å². The lowest BCUT2D eigenvalue weighted by Gasteiger charge is -2.42. The summed E-state index contributed by atoms with van der Waals surface area (Å²) in [5, 5.41) is 8.83. The predicted molar refractivity (Wildman–Crippen MR) is 65.6 cm³/mol. The maximum atomic E-state index is 13.6. The van der Waals surface area contributed by atoms with Crippen molar-refractivity contribution in [2.24, 2.45) is 0 Å². The summed E-state index contributed by atoms with van der Waals surface area (Å²) in [5.74, 6) is -52.2. The molecule has 0 aromatic rings. The Morgan fingerprint density at radius 3 is 0.970 bits per heavy atom. The first-order valence-corrected chi connectivity index (χ1v) is 8.39. The van der Waals surface area contributed by atoms with E-state index < -0.39 is 74.8 Å². The van der Waals surface area contributed by atoms with Gasteiger partial charge in [0.2, 0.25) is 0 Å². The van der Waals surface area contributed by atoms with Crippen molar-refractivity contribution in [1.82, 2.24) is 4.31 Å². The zero-order valence-corrected chi connectivity index (χ0v) is 15.2. The molecule has 0 saturated carbocycles. The van der Waals surface area contributed by atoms with Gasteiger partial charge in [0.1, 0.15) is 13.5 Å². The zero-order chi connectivity index (χ0) is 27.5. The highest BCUT2D eigenvalue weighted by atomic mass is 32.2. The molecule has 0 fully saturated rings. The van der Waals surface area contributed by atoms with Crippen LogP contribution in [0.1, 0.15) is 0 Å². The molecule has 0 amide bonds. The Morgan fingerprint density at radius 1 is 0.485 bits per heavy atom. The molecule has 0 aromatic heterocycles. The first-order chi connectivity index (χ1) is 14.0. The second-order valence-corrected chi connectivity index (χ2v) is 7.68. The quantitative estimate of drug-likeness (QED) is 0.318. The monoisotopic (exact) mass is 559 g/mol. The number of aliphatic hydroxyl groups is 2. The lowest BCUT2D eigenvalue weighted by Crippen LogP contribution is -2.75. The van der Waals surface area contributed by atoms with Crippen molar-refractivity contribution in [3.05, 3.63) is 0 Å². The second kappa shape index (κ2) is 8.10. The normalized spacial score (nSPS) is 16.5. The van der Waals surface area contributed by atoms with Crippen molar-refractivity contribution in [3.63, 3.8) is 0 Å². The van der Waals surface area contributed by atoms with Crippen LogP contribution < -0.4 is 0 Å². The van der Waals surface area contributed by atoms with Crippen molar-refractivity contribution in [3.8, 4) is 0 Å². The van der Waals surface area contributed by atoms with E-state index in [1.165, 1.54) is 0 Å². The standard InChI is InChI=1S/C10H6F17NO4S/c11-3(12,5(15,16)7(19,20)9(23,24)25)4(13,14)6(17,18)8(21,22)10(26,27)33(31,32)28(1-29)2-30/h29-30H,1-2H2. The lowest BCUT2D eigenvalue weighted by atomic mass is 9.91. The topological polar surface area (TPSA) is 77.8 Å². The maximum Gasteiger partial charge on any atom is 0.460 e. The molecular weight excluding hydrogens is 553 g/mol. The number of nitrogens with zero attached hydrogens (tertiary/aromatic N) is 1. The highest BCUT2D eigenvalue weighted by Crippen LogP contribution is 2.64. The molecule has 2 N–H and O–H groups in total. The van der Waals surface area contributed by atoms with Crippen LogP contribution in [0.2, 0.25) is 0 Å². The summed E-state index contributed by atoms with van der Waals surface area (Å²) >= 11 is 0. The molecule has 0 heterocycles. The number of halogens is 17. The Bertz CT molecular complexity index is 816. The molecule has 0 bridgehead atoms. The molecule has 200 valence electrons. The Hall–Kier alpha value is -1.36. The summed E-state index contributed by atoms with van der Waals surface area (Å²) in [5.41, 5.74) is 0. The van der Waals surface area contributed by atoms with E-state index in [-0.39, 0.29) is 0 Å². The van der Waals surface area contributed by atoms with Gasteiger partial charge in [-0.1, -0.05) is 0 Å². The summed E-state index contributed by atoms with van der Waals surface area (Å²) in [4.78, 5) is 0. The van der Waals surface area contributed by atoms with Crippen molar-refractivity contribution in [2.75, 3.05) is 13.5 Å². The van der Waals surface area contributed by atoms with E-state index in [4.69, 9.17) is 10.2 Å². The van der Waals surface area contributed by atoms with Crippen LogP contribution in [-0.2, 0) is 10.0 Å². The molecule has 0 aromatic carbocycles. The van der Waals surface area contributed by atoms with Gasteiger partial charge in [-0.2, -0.15) is 74.6 Å². The minimum atomic E-state index is -8.94. The Balaban J connectivity index is 7.02. The second-order valence-electron chi connectivity index (χ2n) is 5.70. The van der Waals surface area contributed by atoms with Gasteiger partial charge < -0.3 is 10.2 Å². The number of sulfonamides is 1. The summed E-state index contributed by atoms with van der Waals surface area (Å²) in [6.07, 6.45) is -7.91. The Kier molecular flexibility index (Phi) is 7.77. The molecule has 0 aliphatic rings. The van der Waals surface area contributed by atoms with Crippen molar-refractivity contribution >= 4 is 10.0 Å². The summed E-state index contributed by atoms with van der Waals surface area (Å²) < 4.78 is 242. The minimum absolute atomic E-state index is 1.67. The fourth-order valence-corrected chi connectivity index (χ4v) is 2.75. The summed E-state index contributed by atoms with van der Waals surface area (Å²) in [6.45, 7) is -4.98. The molecule has 0 aliphatic heterocycles. The van der Waals surface area contributed by atoms with E-state index in [9.17, 15) is 83.1 Å². The van der Waals surface area contributed by atoms with Crippen LogP contribution in [0.3, 0.4) is 0 Å². The average molecular weight is 559 g/mol. The molecule has 0 saturated heterocycles. The van der Waals surface area contributed by atoms with E-state index in [2.05, 4.69) is 0 Å². The largest absolute Gasteiger partial charge is 0.460 e. The van der Waals surface area contributed by atoms with Gasteiger partial charge in [0.15, 0.2) is 0 Å². The van der Waals surface area contributed by atoms with Gasteiger partial charge in [-0.3, -0.25) is 0 Å². The number of hydrogen-bond donors (Lipinski definition) is 2. The maximum absolute atomic E-state index is 13.6. The van der Waals surface area contributed by atoms with Crippen molar-refractivity contribution in [2.45, 2.75) is 47.0 Å². The molecule has 0 rings (SSSR count). The van der Waals surface area contributed by atoms with Gasteiger partial charge in [-0.25, -0.2) is 8.42 Å². The van der Waals surface area contributed by atoms with Gasteiger partial charge in [0.05, 0.1) is 0 Å². The number of alkyl halides is 17. The first-order valence-electron chi connectivity index (χ1n) is 6.95. The summed E-state index contributed by atoms with van der Waals surface area (Å²) in [7, 11) is -7.66. The van der Waals surface area contributed by atoms with Crippen molar-refractivity contribution < 1.29 is 93.3 Å². The van der Waals surface area contributed by atoms with E-state index >= 15 is 0 Å². The fraction of sp³-hybridized carbons (Fsp3) is 1.00. The van der Waals surface area contributed by atoms with E-state index in [1.807, 2.05) is 0 Å². The molecule has 0 radical (unpaired) electrons. The van der Waals surface area contributed by atoms with E-state index in [0.29, 0.717) is 0 Å². The summed E-state index contributed by atoms with van der Waals surface area (Å²) in [6, 6.07) is 0. The molecule has 0 atom stereocenters. The third-order valence-corrected chi connectivity index (χ3v) is 5.49. The van der Waals surface area contributed by atoms with Gasteiger partial charge in [-0.05, 0) is 0 Å². The van der Waals surface area contributed by atoms with Gasteiger partial charge >= 0.3 is 47.0 Å². The average Bonchev–Trinajstić information content (AvgIpc) is 2.60. The van der Waals surface area contributed by atoms with Crippen LogP contribution in [0, 0.1) is 0 Å². The van der Waals surface area contributed by atoms with Gasteiger partial charge in [0.25, 0.3) is 10.0 Å². The number of aliphatic hydroxyl groups excluding tert-OH is 2. The smallest absolute Gasteiger partial charge is 0.380 e. The van der Waals surface area contributed by atoms with Gasteiger partial charge in [0, 0.05) is 0 Å². The predicted octanol–water partition coefficient (Wildman–Crippen LogP) is 3.48. The zero-order valence-electron chi connectivity index (χ0n) is 14.4. The van der Waals surface area contributed by atoms with Crippen LogP contribution in [0.15, 0.2) is 0 Å². The fourth-order valence-electron chi connectivity index (χ4n) is 1.67. The Labute approximate surface area is 169 Å². The molecule has 0 spiro atoms. The van der Waals surface area contributed by atoms with Crippen molar-refractivity contribution in [1.29, 1.82) is 0 Å². The number of rotatable bonds is 10. The highest BCUT2D eigenvalue weighted by Gasteiger charge is 2.96. The molecule has 0 unspecified atom stereocenters. The van der Waals surface area contributed by atoms with Crippen LogP contribution in [0.5, 0.6) is 0 Å². The van der Waals surface area contributed by atoms with E-state index in [0.717, 1.165) is 0 Å². The van der Waals surface area contributed by atoms with E-state index in [1.54, 1.807) is 0 Å². The van der Waals surface area contributed by atoms with Crippen LogP contribution in [0.4, 0.5) is 74.6 Å². The highest BCUT2D eigenvalue weighted by molar-refractivity contribution is 7.90. The molecule has 0 aliphatic carbocycles. The number of hydrogen-bond acceptors (Lipinski definition) is 4. The lowest BCUT2D eigenvalue weighted by molar-refractivity contribution is -0.458. The van der Waals surface area contributed by atoms with Crippen LogP contribution in [0.25, 0.3) is 0 Å². The third kappa shape index (κ3) is 3.86. The molecule has 23 heteroatoms. The van der Waals surface area contributed by atoms with Crippen LogP contribution in [-0.4, -0.2) is 83.4 Å². The molecule has 5 nitrogen and oxygen atoms in total. The molecular formula is C10H6F17NO4S. The van der Waals surface area contributed by atoms with Crippen LogP contribution >= 0.6 is 0 Å². The molecule has 33 heavy (non-hydrogen) atoms. The SMILES string of the molecule is O=S(=O)(N(CO)CO)C(F)(F)C(F)(F)C(F)(F)C(F)(F)C(F)(F)C(F)(F)C(F)(F)C(F)(F)F. The third-order valence-electron chi connectivity index (χ3n) is 3.67. The minimum Gasteiger partial charge on any atom is -0.380 e. The first kappa shape index (κ1) is 31.6. The Morgan fingerprint density at radius 2 is 0.727 bits per heavy atom.